The molecule has 0 aliphatic carbocycles. The fourth-order valence-electron chi connectivity index (χ4n) is 1.85. The van der Waals surface area contributed by atoms with Gasteiger partial charge in [-0.3, -0.25) is 10.1 Å². The fraction of sp³-hybridized carbons (Fsp3) is 0. The Morgan fingerprint density at radius 2 is 1.85 bits per heavy atom. The third kappa shape index (κ3) is 4.14. The molecule has 3 aromatic rings. The molecular weight excluding hydrogens is 425 g/mol. The third-order valence-corrected chi connectivity index (χ3v) is 5.34. The molecule has 13 heteroatoms. The summed E-state index contributed by atoms with van der Waals surface area (Å²) >= 11 is 6.89. The molecule has 0 spiro atoms. The van der Waals surface area contributed by atoms with E-state index in [1.807, 2.05) is 0 Å². The Morgan fingerprint density at radius 3 is 2.46 bits per heavy atom. The lowest BCUT2D eigenvalue weighted by atomic mass is 10.2. The van der Waals surface area contributed by atoms with Crippen molar-refractivity contribution in [2.75, 3.05) is 5.32 Å². The van der Waals surface area contributed by atoms with Crippen LogP contribution in [-0.2, 0) is 0 Å². The predicted octanol–water partition coefficient (Wildman–Crippen LogP) is 6.36. The van der Waals surface area contributed by atoms with Gasteiger partial charge >= 0.3 is 16.2 Å². The number of nitrogens with zero attached hydrogens (tertiary/aromatic N) is 2. The Hall–Kier alpha value is -2.18. The Balaban J connectivity index is 1.83. The van der Waals surface area contributed by atoms with Crippen LogP contribution in [0.3, 0.4) is 0 Å². The fourth-order valence-corrected chi connectivity index (χ4v) is 3.50. The number of rotatable bonds is 4. The summed E-state index contributed by atoms with van der Waals surface area (Å²) in [5.41, 5.74) is -0.644. The van der Waals surface area contributed by atoms with E-state index in [1.165, 1.54) is 0 Å². The molecule has 0 unspecified atom stereocenters. The quantitative estimate of drug-likeness (QED) is 0.488. The highest BCUT2D eigenvalue weighted by molar-refractivity contribution is 8.45. The SMILES string of the molecule is O=C(Nc1nnc(-c2ccc(Cl)s2)o1)c1cccc(S(F)(F)(F)(F)F)c1. The molecule has 2 heterocycles. The maximum absolute atomic E-state index is 12.8. The van der Waals surface area contributed by atoms with Gasteiger partial charge < -0.3 is 4.42 Å². The molecule has 5 nitrogen and oxygen atoms in total. The summed E-state index contributed by atoms with van der Waals surface area (Å²) in [4.78, 5) is 10.3. The van der Waals surface area contributed by atoms with Crippen LogP contribution in [0.25, 0.3) is 10.8 Å². The van der Waals surface area contributed by atoms with Crippen molar-refractivity contribution >= 4 is 45.1 Å². The molecule has 3 rings (SSSR count). The Morgan fingerprint density at radius 1 is 1.12 bits per heavy atom. The van der Waals surface area contributed by atoms with E-state index < -0.39 is 32.6 Å². The molecule has 0 fully saturated rings. The first-order chi connectivity index (χ1) is 11.8. The summed E-state index contributed by atoms with van der Waals surface area (Å²) < 4.78 is 69.7. The van der Waals surface area contributed by atoms with Crippen LogP contribution in [0.1, 0.15) is 10.4 Å². The van der Waals surface area contributed by atoms with Gasteiger partial charge in [0, 0.05) is 5.56 Å². The second-order valence-corrected chi connectivity index (χ2v) is 9.09. The Kier molecular flexibility index (Phi) is 3.87. The van der Waals surface area contributed by atoms with Crippen molar-refractivity contribution in [3.63, 3.8) is 0 Å². The zero-order chi connectivity index (χ0) is 19.2. The van der Waals surface area contributed by atoms with E-state index in [0.717, 1.165) is 17.4 Å². The summed E-state index contributed by atoms with van der Waals surface area (Å²) in [6, 6.07) is 4.66. The lowest BCUT2D eigenvalue weighted by molar-refractivity contribution is 0.102. The summed E-state index contributed by atoms with van der Waals surface area (Å²) in [6.07, 6.45) is 0. The first-order valence-corrected chi connectivity index (χ1v) is 9.71. The molecule has 0 saturated carbocycles. The highest BCUT2D eigenvalue weighted by Gasteiger charge is 2.65. The van der Waals surface area contributed by atoms with Gasteiger partial charge in [0.05, 0.1) is 9.21 Å². The van der Waals surface area contributed by atoms with Crippen molar-refractivity contribution in [1.82, 2.24) is 10.2 Å². The Bertz CT molecular complexity index is 1000. The van der Waals surface area contributed by atoms with Gasteiger partial charge in [0.2, 0.25) is 0 Å². The van der Waals surface area contributed by atoms with Crippen LogP contribution in [0, 0.1) is 0 Å². The van der Waals surface area contributed by atoms with Crippen molar-refractivity contribution in [3.05, 3.63) is 46.3 Å². The third-order valence-electron chi connectivity index (χ3n) is 2.97. The molecule has 0 saturated heterocycles. The molecule has 1 amide bonds. The van der Waals surface area contributed by atoms with Crippen LogP contribution in [0.4, 0.5) is 25.4 Å². The number of nitrogens with one attached hydrogen (secondary N) is 1. The largest absolute Gasteiger partial charge is 0.402 e. The minimum absolute atomic E-state index is 0.0259. The van der Waals surface area contributed by atoms with Gasteiger partial charge in [0.25, 0.3) is 11.8 Å². The zero-order valence-electron chi connectivity index (χ0n) is 12.3. The number of anilines is 1. The van der Waals surface area contributed by atoms with Crippen LogP contribution in [0.2, 0.25) is 4.34 Å². The number of amides is 1. The van der Waals surface area contributed by atoms with Crippen LogP contribution in [-0.4, -0.2) is 16.1 Å². The van der Waals surface area contributed by atoms with Gasteiger partial charge in [-0.25, -0.2) is 0 Å². The van der Waals surface area contributed by atoms with Gasteiger partial charge in [0.15, 0.2) is 0 Å². The van der Waals surface area contributed by atoms with E-state index in [2.05, 4.69) is 15.5 Å². The van der Waals surface area contributed by atoms with E-state index in [-0.39, 0.29) is 18.0 Å². The number of halogens is 6. The summed E-state index contributed by atoms with van der Waals surface area (Å²) in [6.45, 7) is 0. The maximum Gasteiger partial charge on any atom is 0.322 e. The number of hydrogen-bond acceptors (Lipinski definition) is 5. The normalized spacial score (nSPS) is 14.5. The number of hydrogen-bond donors (Lipinski definition) is 1. The minimum Gasteiger partial charge on any atom is -0.402 e. The lowest BCUT2D eigenvalue weighted by Crippen LogP contribution is -2.14. The molecule has 0 atom stereocenters. The first-order valence-electron chi connectivity index (χ1n) is 6.56. The zero-order valence-corrected chi connectivity index (χ0v) is 14.6. The maximum atomic E-state index is 12.8. The molecule has 0 radical (unpaired) electrons. The molecule has 140 valence electrons. The second-order valence-electron chi connectivity index (χ2n) is 4.97. The number of aromatic nitrogens is 2. The van der Waals surface area contributed by atoms with E-state index in [0.29, 0.717) is 15.3 Å². The average molecular weight is 432 g/mol. The van der Waals surface area contributed by atoms with Crippen molar-refractivity contribution in [2.45, 2.75) is 4.90 Å². The second kappa shape index (κ2) is 5.41. The minimum atomic E-state index is -9.89. The Labute approximate surface area is 151 Å². The molecule has 0 aliphatic heterocycles. The van der Waals surface area contributed by atoms with Crippen LogP contribution in [0.15, 0.2) is 45.7 Å². The number of carbonyl (C=O) groups excluding carboxylic acids is 1. The van der Waals surface area contributed by atoms with Gasteiger partial charge in [-0.2, -0.15) is 0 Å². The molecule has 1 aromatic carbocycles. The van der Waals surface area contributed by atoms with Crippen LogP contribution >= 0.6 is 33.2 Å². The lowest BCUT2D eigenvalue weighted by Gasteiger charge is -2.40. The van der Waals surface area contributed by atoms with Gasteiger partial charge in [-0.05, 0) is 30.3 Å². The number of carbonyl (C=O) groups is 1. The monoisotopic (exact) mass is 431 g/mol. The molecule has 1 N–H and O–H groups in total. The van der Waals surface area contributed by atoms with Gasteiger partial charge in [-0.15, -0.1) is 16.4 Å². The molecular formula is C13H7ClF5N3O2S2. The topological polar surface area (TPSA) is 68.0 Å². The highest BCUT2D eigenvalue weighted by atomic mass is 35.5. The number of thiophene rings is 1. The summed E-state index contributed by atoms with van der Waals surface area (Å²) in [5.74, 6) is -1.09. The van der Waals surface area contributed by atoms with Gasteiger partial charge in [-0.1, -0.05) is 42.2 Å². The molecule has 26 heavy (non-hydrogen) atoms. The smallest absolute Gasteiger partial charge is 0.322 e. The van der Waals surface area contributed by atoms with Crippen molar-refractivity contribution in [3.8, 4) is 10.8 Å². The first kappa shape index (κ1) is 18.6. The molecule has 0 bridgehead atoms. The summed E-state index contributed by atoms with van der Waals surface area (Å²) in [5, 5.41) is 9.22. The predicted molar refractivity (Wildman–Crippen MR) is 88.4 cm³/mol. The molecule has 2 aromatic heterocycles. The van der Waals surface area contributed by atoms with E-state index in [9.17, 15) is 24.2 Å². The molecule has 0 aliphatic rings. The van der Waals surface area contributed by atoms with Crippen molar-refractivity contribution in [2.24, 2.45) is 0 Å². The van der Waals surface area contributed by atoms with Gasteiger partial charge in [0.1, 0.15) is 4.90 Å². The van der Waals surface area contributed by atoms with Crippen molar-refractivity contribution in [1.29, 1.82) is 0 Å². The standard InChI is InChI=1S/C13H7ClF5N3O2S2/c14-10-5-4-9(25-10)12-21-22-13(24-12)20-11(23)7-2-1-3-8(6-7)26(15,16,17,18)19/h1-6H,(H,20,22,23). The van der Waals surface area contributed by atoms with Crippen molar-refractivity contribution < 1.29 is 28.6 Å². The highest BCUT2D eigenvalue weighted by Crippen LogP contribution is 3.02. The van der Waals surface area contributed by atoms with E-state index in [4.69, 9.17) is 16.0 Å². The van der Waals surface area contributed by atoms with Crippen LogP contribution < -0.4 is 5.32 Å². The average Bonchev–Trinajstić information content (AvgIpc) is 3.14. The van der Waals surface area contributed by atoms with E-state index in [1.54, 1.807) is 12.1 Å². The summed E-state index contributed by atoms with van der Waals surface area (Å²) in [7, 11) is -9.89. The van der Waals surface area contributed by atoms with Crippen LogP contribution in [0.5, 0.6) is 0 Å². The number of benzene rings is 1. The van der Waals surface area contributed by atoms with E-state index >= 15 is 0 Å².